The molecule has 0 radical (unpaired) electrons. The second-order valence-electron chi connectivity index (χ2n) is 7.33. The van der Waals surface area contributed by atoms with Crippen molar-refractivity contribution in [3.05, 3.63) is 30.3 Å². The predicted molar refractivity (Wildman–Crippen MR) is 103 cm³/mol. The molecule has 1 aliphatic rings. The summed E-state index contributed by atoms with van der Waals surface area (Å²) in [5.41, 5.74) is -1.36. The van der Waals surface area contributed by atoms with E-state index < -0.39 is 10.9 Å². The Bertz CT molecular complexity index is 617. The van der Waals surface area contributed by atoms with Gasteiger partial charge in [-0.05, 0) is 37.2 Å². The number of alkyl halides is 1. The van der Waals surface area contributed by atoms with Crippen molar-refractivity contribution in [1.82, 2.24) is 4.90 Å². The summed E-state index contributed by atoms with van der Waals surface area (Å²) in [6.45, 7) is 9.46. The van der Waals surface area contributed by atoms with Crippen molar-refractivity contribution in [1.29, 1.82) is 0 Å². The largest absolute Gasteiger partial charge is 0.477 e. The van der Waals surface area contributed by atoms with E-state index in [2.05, 4.69) is 0 Å². The molecule has 0 saturated carbocycles. The molecule has 0 aliphatic carbocycles. The fourth-order valence-electron chi connectivity index (χ4n) is 2.60. The Morgan fingerprint density at radius 2 is 1.92 bits per heavy atom. The van der Waals surface area contributed by atoms with Gasteiger partial charge in [-0.25, -0.2) is 0 Å². The molecule has 0 bridgehead atoms. The molecule has 1 saturated heterocycles. The minimum atomic E-state index is -0.517. The molecule has 6 heteroatoms. The average Bonchev–Trinajstić information content (AvgIpc) is 2.54. The van der Waals surface area contributed by atoms with Crippen molar-refractivity contribution in [3.8, 4) is 5.75 Å². The highest BCUT2D eigenvalue weighted by Crippen LogP contribution is 2.38. The Morgan fingerprint density at radius 1 is 1.32 bits per heavy atom. The third-order valence-corrected chi connectivity index (χ3v) is 6.34. The van der Waals surface area contributed by atoms with Gasteiger partial charge in [-0.1, -0.05) is 57.5 Å². The number of likely N-dealkylation sites (tertiary alicyclic amines) is 1. The Balaban J connectivity index is 2.18. The Hall–Kier alpha value is -1.20. The first-order valence-electron chi connectivity index (χ1n) is 8.55. The number of nitrogens with zero attached hydrogens (tertiary/aromatic N) is 1. The summed E-state index contributed by atoms with van der Waals surface area (Å²) in [6, 6.07) is 9.02. The number of halogens is 1. The van der Waals surface area contributed by atoms with Gasteiger partial charge in [0.1, 0.15) is 11.3 Å². The quantitative estimate of drug-likeness (QED) is 0.313. The van der Waals surface area contributed by atoms with Crippen LogP contribution in [0.15, 0.2) is 30.3 Å². The molecule has 0 N–H and O–H groups in total. The van der Waals surface area contributed by atoms with Crippen molar-refractivity contribution < 1.29 is 14.3 Å². The van der Waals surface area contributed by atoms with Gasteiger partial charge in [0.15, 0.2) is 10.6 Å². The van der Waals surface area contributed by atoms with E-state index in [0.29, 0.717) is 12.2 Å². The lowest BCUT2D eigenvalue weighted by Gasteiger charge is -2.48. The first kappa shape index (κ1) is 20.1. The van der Waals surface area contributed by atoms with Crippen molar-refractivity contribution in [2.24, 2.45) is 11.3 Å². The fraction of sp³-hybridized carbons (Fsp3) is 0.579. The molecular weight excluding hydrogens is 358 g/mol. The van der Waals surface area contributed by atoms with Gasteiger partial charge < -0.3 is 9.64 Å². The number of benzene rings is 1. The van der Waals surface area contributed by atoms with Crippen LogP contribution in [-0.2, 0) is 9.59 Å². The van der Waals surface area contributed by atoms with E-state index in [4.69, 9.17) is 16.3 Å². The number of carbonyl (C=O) groups excluding carboxylic acids is 2. The molecule has 0 spiro atoms. The summed E-state index contributed by atoms with van der Waals surface area (Å²) in [5.74, 6) is 0.546. The second-order valence-corrected chi connectivity index (χ2v) is 8.85. The highest BCUT2D eigenvalue weighted by atomic mass is 35.5. The molecule has 138 valence electrons. The molecule has 1 heterocycles. The molecule has 2 rings (SSSR count). The summed E-state index contributed by atoms with van der Waals surface area (Å²) >= 11 is 7.53. The summed E-state index contributed by atoms with van der Waals surface area (Å²) in [5, 5.41) is 0.0198. The Labute approximate surface area is 159 Å². The molecular formula is C19H26ClNO3S. The molecule has 1 fully saturated rings. The molecule has 1 aliphatic heterocycles. The zero-order valence-corrected chi connectivity index (χ0v) is 16.9. The summed E-state index contributed by atoms with van der Waals surface area (Å²) < 4.78 is 6.05. The van der Waals surface area contributed by atoms with E-state index in [1.165, 1.54) is 0 Å². The zero-order chi connectivity index (χ0) is 18.8. The normalized spacial score (nSPS) is 23.0. The second kappa shape index (κ2) is 8.00. The van der Waals surface area contributed by atoms with Gasteiger partial charge in [0.05, 0.1) is 12.0 Å². The third-order valence-electron chi connectivity index (χ3n) is 4.27. The lowest BCUT2D eigenvalue weighted by atomic mass is 9.93. The molecule has 4 nitrogen and oxygen atoms in total. The Morgan fingerprint density at radius 3 is 2.40 bits per heavy atom. The number of carbonyl (C=O) groups is 2. The predicted octanol–water partition coefficient (Wildman–Crippen LogP) is 4.52. The molecule has 0 aromatic heterocycles. The van der Waals surface area contributed by atoms with Crippen LogP contribution in [-0.4, -0.2) is 32.9 Å². The minimum Gasteiger partial charge on any atom is -0.477 e. The lowest BCUT2D eigenvalue weighted by molar-refractivity contribution is -0.156. The van der Waals surface area contributed by atoms with Crippen LogP contribution in [0, 0.1) is 11.3 Å². The van der Waals surface area contributed by atoms with Gasteiger partial charge >= 0.3 is 0 Å². The topological polar surface area (TPSA) is 46.6 Å². The number of ether oxygens (including phenoxy) is 1. The maximum atomic E-state index is 12.5. The molecule has 1 aromatic rings. The van der Waals surface area contributed by atoms with E-state index in [0.717, 1.165) is 11.8 Å². The van der Waals surface area contributed by atoms with Gasteiger partial charge in [-0.2, -0.15) is 0 Å². The van der Waals surface area contributed by atoms with Crippen LogP contribution < -0.4 is 4.74 Å². The fourth-order valence-corrected chi connectivity index (χ4v) is 4.22. The summed E-state index contributed by atoms with van der Waals surface area (Å²) in [4.78, 5) is 26.5. The maximum Gasteiger partial charge on any atom is 0.230 e. The number of hydrogen-bond acceptors (Lipinski definition) is 4. The first-order chi connectivity index (χ1) is 11.7. The van der Waals surface area contributed by atoms with Crippen LogP contribution in [0.2, 0.25) is 0 Å². The SMILES string of the molecule is CCC1C(=O)N(C(C)C(Oc2ccccc2)SC(=O)C(C)(C)C)C1Cl. The number of thioether (sulfide) groups is 1. The number of β-lactam (4-membered cyclic amide) rings is 1. The molecule has 4 atom stereocenters. The van der Waals surface area contributed by atoms with Gasteiger partial charge in [-0.15, -0.1) is 0 Å². The van der Waals surface area contributed by atoms with Crippen molar-refractivity contribution in [2.45, 2.75) is 58.0 Å². The number of rotatable bonds is 6. The maximum absolute atomic E-state index is 12.5. The highest BCUT2D eigenvalue weighted by molar-refractivity contribution is 8.14. The van der Waals surface area contributed by atoms with Crippen LogP contribution in [0.5, 0.6) is 5.75 Å². The molecule has 1 aromatic carbocycles. The molecule has 4 unspecified atom stereocenters. The third kappa shape index (κ3) is 4.50. The minimum absolute atomic E-state index is 0.0198. The van der Waals surface area contributed by atoms with Crippen LogP contribution in [0.3, 0.4) is 0 Å². The van der Waals surface area contributed by atoms with Crippen molar-refractivity contribution >= 4 is 34.4 Å². The summed E-state index contributed by atoms with van der Waals surface area (Å²) in [6.07, 6.45) is 0.717. The van der Waals surface area contributed by atoms with Gasteiger partial charge in [0.2, 0.25) is 5.91 Å². The highest BCUT2D eigenvalue weighted by Gasteiger charge is 2.49. The number of amides is 1. The first-order valence-corrected chi connectivity index (χ1v) is 9.87. The van der Waals surface area contributed by atoms with Crippen molar-refractivity contribution in [3.63, 3.8) is 0 Å². The van der Waals surface area contributed by atoms with Crippen LogP contribution in [0.25, 0.3) is 0 Å². The smallest absolute Gasteiger partial charge is 0.230 e. The van der Waals surface area contributed by atoms with E-state index in [-0.39, 0.29) is 28.5 Å². The van der Waals surface area contributed by atoms with E-state index in [9.17, 15) is 9.59 Å². The summed E-state index contributed by atoms with van der Waals surface area (Å²) in [7, 11) is 0. The van der Waals surface area contributed by atoms with Gasteiger partial charge in [0.25, 0.3) is 0 Å². The van der Waals surface area contributed by atoms with Crippen molar-refractivity contribution in [2.75, 3.05) is 0 Å². The van der Waals surface area contributed by atoms with Crippen LogP contribution in [0.1, 0.15) is 41.0 Å². The lowest BCUT2D eigenvalue weighted by Crippen LogP contribution is -2.63. The zero-order valence-electron chi connectivity index (χ0n) is 15.4. The monoisotopic (exact) mass is 383 g/mol. The van der Waals surface area contributed by atoms with Gasteiger partial charge in [0, 0.05) is 5.41 Å². The average molecular weight is 384 g/mol. The van der Waals surface area contributed by atoms with Crippen LogP contribution >= 0.6 is 23.4 Å². The Kier molecular flexibility index (Phi) is 6.44. The number of hydrogen-bond donors (Lipinski definition) is 0. The van der Waals surface area contributed by atoms with Gasteiger partial charge in [-0.3, -0.25) is 9.59 Å². The molecule has 25 heavy (non-hydrogen) atoms. The number of para-hydroxylation sites is 1. The standard InChI is InChI=1S/C19H26ClNO3S/c1-6-14-15(20)21(16(14)22)12(2)17(25-18(23)19(3,4)5)24-13-10-8-7-9-11-13/h7-12,14-15,17H,6H2,1-5H3. The van der Waals surface area contributed by atoms with E-state index in [1.807, 2.05) is 65.0 Å². The molecule has 1 amide bonds. The van der Waals surface area contributed by atoms with E-state index >= 15 is 0 Å². The van der Waals surface area contributed by atoms with E-state index in [1.54, 1.807) is 4.90 Å². The van der Waals surface area contributed by atoms with Crippen LogP contribution in [0.4, 0.5) is 0 Å².